The first-order valence-electron chi connectivity index (χ1n) is 5.53. The van der Waals surface area contributed by atoms with Crippen LogP contribution in [-0.2, 0) is 22.7 Å². The fourth-order valence-electron chi connectivity index (χ4n) is 1.20. The number of rotatable bonds is 7. The van der Waals surface area contributed by atoms with Gasteiger partial charge in [0.2, 0.25) is 0 Å². The van der Waals surface area contributed by atoms with Gasteiger partial charge in [0.1, 0.15) is 6.61 Å². The van der Waals surface area contributed by atoms with E-state index in [0.29, 0.717) is 19.0 Å². The second-order valence-electron chi connectivity index (χ2n) is 4.49. The fourth-order valence-corrected chi connectivity index (χ4v) is 1.20. The Morgan fingerprint density at radius 3 is 2.82 bits per heavy atom. The van der Waals surface area contributed by atoms with Gasteiger partial charge in [0, 0.05) is 6.61 Å². The second-order valence-corrected chi connectivity index (χ2v) is 4.49. The molecule has 0 spiro atoms. The zero-order valence-electron chi connectivity index (χ0n) is 10.4. The maximum Gasteiger partial charge on any atom is 0.310 e. The molecule has 1 heterocycles. The van der Waals surface area contributed by atoms with Crippen LogP contribution in [-0.4, -0.2) is 37.9 Å². The summed E-state index contributed by atoms with van der Waals surface area (Å²) >= 11 is 0. The fraction of sp³-hybridized carbons (Fsp3) is 0.800. The topological polar surface area (TPSA) is 90.1 Å². The van der Waals surface area contributed by atoms with Crippen molar-refractivity contribution in [2.75, 3.05) is 6.61 Å². The number of carboxylic acids is 1. The minimum atomic E-state index is -0.908. The molecular weight excluding hydrogens is 224 g/mol. The predicted octanol–water partition coefficient (Wildman–Crippen LogP) is 0.710. The number of carbonyl (C=O) groups is 1. The molecule has 7 heteroatoms. The summed E-state index contributed by atoms with van der Waals surface area (Å²) in [4.78, 5) is 11.0. The van der Waals surface area contributed by atoms with E-state index >= 15 is 0 Å². The highest BCUT2D eigenvalue weighted by Crippen LogP contribution is 2.18. The van der Waals surface area contributed by atoms with E-state index in [0.717, 1.165) is 6.42 Å². The molecule has 0 aliphatic rings. The van der Waals surface area contributed by atoms with E-state index in [1.54, 1.807) is 13.8 Å². The first-order valence-corrected chi connectivity index (χ1v) is 5.53. The SMILES string of the molecule is CCCOCc1nnnn1CC(C)(C)C(=O)O. The van der Waals surface area contributed by atoms with E-state index in [-0.39, 0.29) is 6.54 Å². The molecule has 0 atom stereocenters. The minimum Gasteiger partial charge on any atom is -0.481 e. The van der Waals surface area contributed by atoms with E-state index in [2.05, 4.69) is 15.5 Å². The summed E-state index contributed by atoms with van der Waals surface area (Å²) in [6.07, 6.45) is 0.919. The predicted molar refractivity (Wildman–Crippen MR) is 59.2 cm³/mol. The Morgan fingerprint density at radius 1 is 1.53 bits per heavy atom. The number of aliphatic carboxylic acids is 1. The van der Waals surface area contributed by atoms with Crippen LogP contribution < -0.4 is 0 Å². The van der Waals surface area contributed by atoms with Gasteiger partial charge in [-0.25, -0.2) is 4.68 Å². The van der Waals surface area contributed by atoms with Gasteiger partial charge >= 0.3 is 5.97 Å². The lowest BCUT2D eigenvalue weighted by Gasteiger charge is -2.18. The van der Waals surface area contributed by atoms with E-state index < -0.39 is 11.4 Å². The van der Waals surface area contributed by atoms with Crippen LogP contribution in [0.15, 0.2) is 0 Å². The van der Waals surface area contributed by atoms with Crippen molar-refractivity contribution in [1.29, 1.82) is 0 Å². The Bertz CT molecular complexity index is 375. The third kappa shape index (κ3) is 3.77. The number of carboxylic acid groups (broad SMARTS) is 1. The quantitative estimate of drug-likeness (QED) is 0.708. The number of hydrogen-bond donors (Lipinski definition) is 1. The summed E-state index contributed by atoms with van der Waals surface area (Å²) in [5.41, 5.74) is -0.908. The standard InChI is InChI=1S/C10H18N4O3/c1-4-5-17-6-8-11-12-13-14(8)7-10(2,3)9(15)16/h4-7H2,1-3H3,(H,15,16). The lowest BCUT2D eigenvalue weighted by Crippen LogP contribution is -2.30. The van der Waals surface area contributed by atoms with E-state index in [4.69, 9.17) is 9.84 Å². The van der Waals surface area contributed by atoms with Crippen molar-refractivity contribution in [2.24, 2.45) is 5.41 Å². The molecule has 0 fully saturated rings. The molecule has 0 saturated heterocycles. The van der Waals surface area contributed by atoms with Gasteiger partial charge in [0.15, 0.2) is 5.82 Å². The molecule has 0 amide bonds. The maximum atomic E-state index is 11.0. The second kappa shape index (κ2) is 5.72. The van der Waals surface area contributed by atoms with Gasteiger partial charge in [0.05, 0.1) is 12.0 Å². The average Bonchev–Trinajstić information content (AvgIpc) is 2.65. The number of hydrogen-bond acceptors (Lipinski definition) is 5. The molecule has 0 bridgehead atoms. The largest absolute Gasteiger partial charge is 0.481 e. The molecule has 1 aromatic heterocycles. The van der Waals surface area contributed by atoms with Crippen LogP contribution >= 0.6 is 0 Å². The summed E-state index contributed by atoms with van der Waals surface area (Å²) in [5, 5.41) is 20.2. The van der Waals surface area contributed by atoms with Crippen molar-refractivity contribution in [3.8, 4) is 0 Å². The third-order valence-corrected chi connectivity index (χ3v) is 2.31. The van der Waals surface area contributed by atoms with Gasteiger partial charge in [-0.3, -0.25) is 4.79 Å². The number of tetrazole rings is 1. The summed E-state index contributed by atoms with van der Waals surface area (Å²) in [6.45, 7) is 6.43. The molecule has 0 unspecified atom stereocenters. The molecule has 1 rings (SSSR count). The normalized spacial score (nSPS) is 11.7. The first-order chi connectivity index (χ1) is 7.97. The Labute approximate surface area is 99.8 Å². The molecule has 1 N–H and O–H groups in total. The van der Waals surface area contributed by atoms with Gasteiger partial charge in [-0.15, -0.1) is 5.10 Å². The van der Waals surface area contributed by atoms with E-state index in [1.807, 2.05) is 6.92 Å². The van der Waals surface area contributed by atoms with Crippen LogP contribution in [0.2, 0.25) is 0 Å². The third-order valence-electron chi connectivity index (χ3n) is 2.31. The zero-order valence-corrected chi connectivity index (χ0v) is 10.4. The molecule has 7 nitrogen and oxygen atoms in total. The number of nitrogens with zero attached hydrogens (tertiary/aromatic N) is 4. The molecule has 0 aliphatic carbocycles. The van der Waals surface area contributed by atoms with Gasteiger partial charge in [-0.1, -0.05) is 6.92 Å². The Hall–Kier alpha value is -1.50. The monoisotopic (exact) mass is 242 g/mol. The summed E-state index contributed by atoms with van der Waals surface area (Å²) in [6, 6.07) is 0. The zero-order chi connectivity index (χ0) is 12.9. The van der Waals surface area contributed by atoms with Crippen LogP contribution in [0, 0.1) is 5.41 Å². The van der Waals surface area contributed by atoms with Gasteiger partial charge < -0.3 is 9.84 Å². The van der Waals surface area contributed by atoms with Crippen LogP contribution in [0.5, 0.6) is 0 Å². The van der Waals surface area contributed by atoms with Gasteiger partial charge in [-0.05, 0) is 30.7 Å². The smallest absolute Gasteiger partial charge is 0.310 e. The van der Waals surface area contributed by atoms with Crippen molar-refractivity contribution >= 4 is 5.97 Å². The molecule has 0 aliphatic heterocycles. The average molecular weight is 242 g/mol. The highest BCUT2D eigenvalue weighted by Gasteiger charge is 2.29. The van der Waals surface area contributed by atoms with Gasteiger partial charge in [-0.2, -0.15) is 0 Å². The lowest BCUT2D eigenvalue weighted by molar-refractivity contribution is -0.147. The highest BCUT2D eigenvalue weighted by molar-refractivity contribution is 5.73. The molecule has 1 aromatic rings. The molecule has 0 saturated carbocycles. The molecular formula is C10H18N4O3. The van der Waals surface area contributed by atoms with Crippen molar-refractivity contribution in [1.82, 2.24) is 20.2 Å². The van der Waals surface area contributed by atoms with Crippen LogP contribution in [0.1, 0.15) is 33.0 Å². The van der Waals surface area contributed by atoms with Crippen LogP contribution in [0.3, 0.4) is 0 Å². The van der Waals surface area contributed by atoms with E-state index in [9.17, 15) is 4.79 Å². The Balaban J connectivity index is 2.65. The summed E-state index contributed by atoms with van der Waals surface area (Å²) < 4.78 is 6.81. The van der Waals surface area contributed by atoms with Crippen molar-refractivity contribution in [3.05, 3.63) is 5.82 Å². The summed E-state index contributed by atoms with van der Waals surface area (Å²) in [7, 11) is 0. The van der Waals surface area contributed by atoms with Crippen LogP contribution in [0.4, 0.5) is 0 Å². The molecule has 0 radical (unpaired) electrons. The van der Waals surface area contributed by atoms with Crippen molar-refractivity contribution in [2.45, 2.75) is 40.3 Å². The summed E-state index contributed by atoms with van der Waals surface area (Å²) in [5.74, 6) is -0.332. The molecule has 96 valence electrons. The van der Waals surface area contributed by atoms with Crippen molar-refractivity contribution < 1.29 is 14.6 Å². The Kier molecular flexibility index (Phi) is 4.56. The number of ether oxygens (including phenoxy) is 1. The minimum absolute atomic E-state index is 0.222. The van der Waals surface area contributed by atoms with Gasteiger partial charge in [0.25, 0.3) is 0 Å². The lowest BCUT2D eigenvalue weighted by atomic mass is 9.94. The number of aromatic nitrogens is 4. The first kappa shape index (κ1) is 13.6. The maximum absolute atomic E-state index is 11.0. The van der Waals surface area contributed by atoms with Crippen LogP contribution in [0.25, 0.3) is 0 Å². The van der Waals surface area contributed by atoms with E-state index in [1.165, 1.54) is 4.68 Å². The highest BCUT2D eigenvalue weighted by atomic mass is 16.5. The van der Waals surface area contributed by atoms with Crippen molar-refractivity contribution in [3.63, 3.8) is 0 Å². The molecule has 17 heavy (non-hydrogen) atoms. The Morgan fingerprint density at radius 2 is 2.24 bits per heavy atom. The molecule has 0 aromatic carbocycles.